The molecule has 0 aromatic heterocycles. The Morgan fingerprint density at radius 2 is 1.62 bits per heavy atom. The highest BCUT2D eigenvalue weighted by atomic mass is 28.4. The Kier molecular flexibility index (Phi) is 4.36. The van der Waals surface area contributed by atoms with Crippen LogP contribution in [-0.2, 0) is 9.22 Å². The second kappa shape index (κ2) is 4.47. The molecule has 0 heterocycles. The van der Waals surface area contributed by atoms with Crippen LogP contribution in [0.1, 0.15) is 34.6 Å². The van der Waals surface area contributed by atoms with Crippen molar-refractivity contribution in [1.29, 1.82) is 0 Å². The molecule has 0 aliphatic heterocycles. The van der Waals surface area contributed by atoms with E-state index in [4.69, 9.17) is 15.3 Å². The van der Waals surface area contributed by atoms with Crippen LogP contribution in [0.25, 0.3) is 0 Å². The van der Waals surface area contributed by atoms with Crippen molar-refractivity contribution in [2.75, 3.05) is 0 Å². The van der Waals surface area contributed by atoms with Crippen molar-refractivity contribution in [3.8, 4) is 0 Å². The molecule has 96 valence electrons. The van der Waals surface area contributed by atoms with Gasteiger partial charge in [-0.2, -0.15) is 0 Å². The summed E-state index contributed by atoms with van der Waals surface area (Å²) in [4.78, 5) is 10.9. The van der Waals surface area contributed by atoms with Crippen molar-refractivity contribution < 1.29 is 14.3 Å². The highest BCUT2D eigenvalue weighted by Crippen LogP contribution is 2.39. The van der Waals surface area contributed by atoms with Crippen molar-refractivity contribution in [2.45, 2.75) is 64.4 Å². The van der Waals surface area contributed by atoms with Gasteiger partial charge in [-0.25, -0.2) is 0 Å². The molecule has 4 nitrogen and oxygen atoms in total. The van der Waals surface area contributed by atoms with Crippen LogP contribution < -0.4 is 5.73 Å². The minimum absolute atomic E-state index is 0.0441. The quantitative estimate of drug-likeness (QED) is 0.747. The molecular weight excluding hydrogens is 222 g/mol. The van der Waals surface area contributed by atoms with Gasteiger partial charge in [0.05, 0.1) is 5.60 Å². The molecule has 0 saturated heterocycles. The molecular formula is C11H25NO3Si. The van der Waals surface area contributed by atoms with Crippen LogP contribution in [0.5, 0.6) is 0 Å². The summed E-state index contributed by atoms with van der Waals surface area (Å²) in [5.74, 6) is -1.02. The lowest BCUT2D eigenvalue weighted by Gasteiger charge is -2.44. The average Bonchev–Trinajstić information content (AvgIpc) is 1.98. The zero-order chi connectivity index (χ0) is 13.4. The lowest BCUT2D eigenvalue weighted by Crippen LogP contribution is -2.57. The molecule has 0 aromatic carbocycles. The van der Waals surface area contributed by atoms with Gasteiger partial charge >= 0.3 is 5.97 Å². The molecule has 0 amide bonds. The summed E-state index contributed by atoms with van der Waals surface area (Å²) in [5, 5.41) is 8.97. The largest absolute Gasteiger partial charge is 0.480 e. The van der Waals surface area contributed by atoms with E-state index in [0.29, 0.717) is 0 Å². The minimum atomic E-state index is -1.99. The third kappa shape index (κ3) is 3.57. The SMILES string of the molecule is CC(C)(O[Si](C)(C)C(C)(C)C)[C@@H](N)C(=O)O. The molecule has 0 rings (SSSR count). The molecule has 0 fully saturated rings. The molecule has 0 spiro atoms. The van der Waals surface area contributed by atoms with Gasteiger partial charge in [0.2, 0.25) is 0 Å². The van der Waals surface area contributed by atoms with Gasteiger partial charge in [-0.15, -0.1) is 0 Å². The minimum Gasteiger partial charge on any atom is -0.480 e. The number of rotatable bonds is 4. The highest BCUT2D eigenvalue weighted by Gasteiger charge is 2.44. The smallest absolute Gasteiger partial charge is 0.323 e. The van der Waals surface area contributed by atoms with Crippen LogP contribution in [0.4, 0.5) is 0 Å². The van der Waals surface area contributed by atoms with Crippen LogP contribution in [0.2, 0.25) is 18.1 Å². The first-order valence-electron chi connectivity index (χ1n) is 5.50. The summed E-state index contributed by atoms with van der Waals surface area (Å²) >= 11 is 0. The average molecular weight is 247 g/mol. The van der Waals surface area contributed by atoms with Gasteiger partial charge in [-0.3, -0.25) is 4.79 Å². The van der Waals surface area contributed by atoms with Gasteiger partial charge in [0, 0.05) is 0 Å². The van der Waals surface area contributed by atoms with E-state index in [9.17, 15) is 4.79 Å². The molecule has 16 heavy (non-hydrogen) atoms. The molecule has 3 N–H and O–H groups in total. The maximum Gasteiger partial charge on any atom is 0.323 e. The summed E-state index contributed by atoms with van der Waals surface area (Å²) < 4.78 is 6.05. The Morgan fingerprint density at radius 3 is 1.88 bits per heavy atom. The first-order chi connectivity index (χ1) is 6.81. The summed E-state index contributed by atoms with van der Waals surface area (Å²) in [6.45, 7) is 14.0. The van der Waals surface area contributed by atoms with Gasteiger partial charge in [0.1, 0.15) is 6.04 Å². The van der Waals surface area contributed by atoms with Crippen LogP contribution in [0.3, 0.4) is 0 Å². The monoisotopic (exact) mass is 247 g/mol. The Bertz CT molecular complexity index is 269. The molecule has 0 saturated carbocycles. The zero-order valence-corrected chi connectivity index (χ0v) is 12.4. The zero-order valence-electron chi connectivity index (χ0n) is 11.4. The van der Waals surface area contributed by atoms with E-state index in [2.05, 4.69) is 33.9 Å². The summed E-state index contributed by atoms with van der Waals surface area (Å²) in [5.41, 5.74) is 4.80. The second-order valence-corrected chi connectivity index (χ2v) is 11.0. The summed E-state index contributed by atoms with van der Waals surface area (Å²) in [7, 11) is -1.99. The van der Waals surface area contributed by atoms with Crippen molar-refractivity contribution >= 4 is 14.3 Å². The number of carboxylic acids is 1. The van der Waals surface area contributed by atoms with E-state index >= 15 is 0 Å². The fraction of sp³-hybridized carbons (Fsp3) is 0.909. The van der Waals surface area contributed by atoms with Gasteiger partial charge in [-0.05, 0) is 32.0 Å². The van der Waals surface area contributed by atoms with Crippen LogP contribution >= 0.6 is 0 Å². The maximum absolute atomic E-state index is 10.9. The predicted octanol–water partition coefficient (Wildman–Crippen LogP) is 2.20. The van der Waals surface area contributed by atoms with Crippen molar-refractivity contribution in [1.82, 2.24) is 0 Å². The standard InChI is InChI=1S/C11H25NO3Si/c1-10(2,3)16(6,7)15-11(4,5)8(12)9(13)14/h8H,12H2,1-7H3,(H,13,14)/t8-/m0/s1. The number of hydrogen-bond donors (Lipinski definition) is 2. The third-order valence-corrected chi connectivity index (χ3v) is 7.99. The molecule has 0 unspecified atom stereocenters. The van der Waals surface area contributed by atoms with Crippen LogP contribution in [0.15, 0.2) is 0 Å². The number of aliphatic carboxylic acids is 1. The summed E-state index contributed by atoms with van der Waals surface area (Å²) in [6, 6.07) is -0.998. The van der Waals surface area contributed by atoms with Crippen molar-refractivity contribution in [3.05, 3.63) is 0 Å². The van der Waals surface area contributed by atoms with E-state index < -0.39 is 25.9 Å². The van der Waals surface area contributed by atoms with Gasteiger partial charge in [0.25, 0.3) is 0 Å². The Labute approximate surface area is 99.3 Å². The number of carboxylic acid groups (broad SMARTS) is 1. The van der Waals surface area contributed by atoms with Crippen LogP contribution in [0, 0.1) is 0 Å². The number of hydrogen-bond acceptors (Lipinski definition) is 3. The first-order valence-corrected chi connectivity index (χ1v) is 8.40. The Hall–Kier alpha value is -0.393. The van der Waals surface area contributed by atoms with E-state index in [-0.39, 0.29) is 5.04 Å². The van der Waals surface area contributed by atoms with Gasteiger partial charge in [-0.1, -0.05) is 20.8 Å². The number of nitrogens with two attached hydrogens (primary N) is 1. The topological polar surface area (TPSA) is 72.5 Å². The van der Waals surface area contributed by atoms with Gasteiger partial charge in [0.15, 0.2) is 8.32 Å². The molecule has 0 bridgehead atoms. The van der Waals surface area contributed by atoms with E-state index in [1.54, 1.807) is 13.8 Å². The van der Waals surface area contributed by atoms with E-state index in [1.807, 2.05) is 0 Å². The number of carbonyl (C=O) groups is 1. The van der Waals surface area contributed by atoms with E-state index in [1.165, 1.54) is 0 Å². The fourth-order valence-electron chi connectivity index (χ4n) is 1.17. The molecule has 1 atom stereocenters. The fourth-order valence-corrected chi connectivity index (χ4v) is 2.92. The lowest BCUT2D eigenvalue weighted by atomic mass is 10.0. The van der Waals surface area contributed by atoms with E-state index in [0.717, 1.165) is 0 Å². The maximum atomic E-state index is 10.9. The molecule has 0 aliphatic rings. The van der Waals surface area contributed by atoms with Crippen LogP contribution in [-0.4, -0.2) is 31.0 Å². The Morgan fingerprint density at radius 1 is 1.25 bits per heavy atom. The highest BCUT2D eigenvalue weighted by molar-refractivity contribution is 6.74. The molecule has 5 heteroatoms. The summed E-state index contributed by atoms with van der Waals surface area (Å²) in [6.07, 6.45) is 0. The predicted molar refractivity (Wildman–Crippen MR) is 68.0 cm³/mol. The third-order valence-electron chi connectivity index (χ3n) is 3.34. The second-order valence-electron chi connectivity index (χ2n) is 6.28. The normalized spacial score (nSPS) is 16.0. The Balaban J connectivity index is 4.91. The first kappa shape index (κ1) is 15.6. The van der Waals surface area contributed by atoms with Gasteiger partial charge < -0.3 is 15.3 Å². The lowest BCUT2D eigenvalue weighted by molar-refractivity contribution is -0.143. The molecule has 0 aromatic rings. The van der Waals surface area contributed by atoms with Crippen molar-refractivity contribution in [3.63, 3.8) is 0 Å². The molecule has 0 aliphatic carbocycles. The molecule has 0 radical (unpaired) electrons. The van der Waals surface area contributed by atoms with Crippen molar-refractivity contribution in [2.24, 2.45) is 5.73 Å².